The van der Waals surface area contributed by atoms with Gasteiger partial charge in [0.1, 0.15) is 11.9 Å². The van der Waals surface area contributed by atoms with Gasteiger partial charge in [-0.05, 0) is 54.8 Å². The van der Waals surface area contributed by atoms with E-state index in [9.17, 15) is 13.2 Å². The van der Waals surface area contributed by atoms with Crippen LogP contribution in [0.4, 0.5) is 5.82 Å². The van der Waals surface area contributed by atoms with E-state index in [2.05, 4.69) is 15.4 Å². The van der Waals surface area contributed by atoms with Crippen molar-refractivity contribution in [2.45, 2.75) is 23.8 Å². The molecule has 170 valence electrons. The smallest absolute Gasteiger partial charge is 0.265 e. The fourth-order valence-corrected chi connectivity index (χ4v) is 5.48. The molecule has 5 rings (SSSR count). The van der Waals surface area contributed by atoms with Crippen LogP contribution in [0.5, 0.6) is 0 Å². The van der Waals surface area contributed by atoms with Crippen molar-refractivity contribution in [2.24, 2.45) is 0 Å². The van der Waals surface area contributed by atoms with Crippen LogP contribution in [0.15, 0.2) is 72.0 Å². The highest BCUT2D eigenvalue weighted by atomic mass is 32.2. The Hall–Kier alpha value is -4.23. The molecular weight excluding hydrogens is 452 g/mol. The van der Waals surface area contributed by atoms with Crippen molar-refractivity contribution in [3.8, 4) is 17.2 Å². The Morgan fingerprint density at radius 1 is 1.15 bits per heavy atom. The molecule has 1 fully saturated rings. The lowest BCUT2D eigenvalue weighted by Crippen LogP contribution is -2.33. The molecule has 1 amide bonds. The van der Waals surface area contributed by atoms with E-state index < -0.39 is 10.0 Å². The van der Waals surface area contributed by atoms with Crippen molar-refractivity contribution in [1.82, 2.24) is 19.9 Å². The van der Waals surface area contributed by atoms with Gasteiger partial charge >= 0.3 is 0 Å². The van der Waals surface area contributed by atoms with Gasteiger partial charge in [0.25, 0.3) is 15.9 Å². The van der Waals surface area contributed by atoms with Crippen LogP contribution in [0.2, 0.25) is 0 Å². The van der Waals surface area contributed by atoms with Crippen molar-refractivity contribution >= 4 is 27.3 Å². The van der Waals surface area contributed by atoms with Gasteiger partial charge in [-0.25, -0.2) is 22.2 Å². The number of carbonyl (C=O) groups is 1. The number of nitrogens with zero attached hydrogens (tertiary/aromatic N) is 5. The minimum Gasteiger partial charge on any atom is -0.355 e. The molecule has 1 aliphatic carbocycles. The van der Waals surface area contributed by atoms with Crippen LogP contribution in [-0.4, -0.2) is 42.0 Å². The third-order valence-electron chi connectivity index (χ3n) is 5.72. The number of aromatic nitrogens is 3. The normalized spacial score (nSPS) is 13.4. The Bertz CT molecular complexity index is 1530. The predicted octanol–water partition coefficient (Wildman–Crippen LogP) is 2.99. The van der Waals surface area contributed by atoms with Crippen molar-refractivity contribution in [1.29, 1.82) is 5.26 Å². The summed E-state index contributed by atoms with van der Waals surface area (Å²) >= 11 is 0. The number of pyridine rings is 2. The fourth-order valence-electron chi connectivity index (χ4n) is 3.80. The summed E-state index contributed by atoms with van der Waals surface area (Å²) in [5, 5.41) is 16.0. The number of nitrogens with one attached hydrogen (secondary N) is 1. The van der Waals surface area contributed by atoms with Crippen LogP contribution in [0, 0.1) is 11.3 Å². The number of benzene rings is 1. The minimum atomic E-state index is -3.91. The lowest BCUT2D eigenvalue weighted by molar-refractivity contribution is 0.0963. The molecule has 0 spiro atoms. The maximum absolute atomic E-state index is 13.7. The van der Waals surface area contributed by atoms with Crippen molar-refractivity contribution in [2.75, 3.05) is 11.4 Å². The second-order valence-electron chi connectivity index (χ2n) is 7.96. The first-order valence-electron chi connectivity index (χ1n) is 10.6. The number of rotatable bonds is 6. The Morgan fingerprint density at radius 3 is 2.53 bits per heavy atom. The highest BCUT2D eigenvalue weighted by Crippen LogP contribution is 2.36. The lowest BCUT2D eigenvalue weighted by Gasteiger charge is -2.23. The van der Waals surface area contributed by atoms with Crippen LogP contribution in [-0.2, 0) is 10.0 Å². The van der Waals surface area contributed by atoms with Crippen molar-refractivity contribution in [3.05, 3.63) is 78.2 Å². The molecule has 1 saturated carbocycles. The van der Waals surface area contributed by atoms with Gasteiger partial charge in [0.05, 0.1) is 22.2 Å². The average molecular weight is 473 g/mol. The number of nitriles is 1. The third-order valence-corrected chi connectivity index (χ3v) is 7.57. The zero-order chi connectivity index (χ0) is 23.9. The van der Waals surface area contributed by atoms with E-state index in [1.54, 1.807) is 66.4 Å². The Balaban J connectivity index is 1.55. The van der Waals surface area contributed by atoms with Gasteiger partial charge in [0, 0.05) is 36.6 Å². The summed E-state index contributed by atoms with van der Waals surface area (Å²) in [5.74, 6) is 0.108. The molecule has 4 aromatic rings. The van der Waals surface area contributed by atoms with Gasteiger partial charge < -0.3 is 5.32 Å². The zero-order valence-corrected chi connectivity index (χ0v) is 19.0. The van der Waals surface area contributed by atoms with Crippen LogP contribution < -0.4 is 9.62 Å². The fraction of sp³-hybridized carbons (Fsp3) is 0.167. The highest BCUT2D eigenvalue weighted by molar-refractivity contribution is 7.92. The van der Waals surface area contributed by atoms with Gasteiger partial charge in [-0.3, -0.25) is 4.79 Å². The van der Waals surface area contributed by atoms with E-state index in [0.29, 0.717) is 22.5 Å². The summed E-state index contributed by atoms with van der Waals surface area (Å²) in [5.41, 5.74) is 3.07. The standard InChI is InChI=1S/C24H20N6O3S/c1-26-24(31)18-5-3-17(4-6-18)21-15-28-29-11-10-20(12-22(21)29)34(32,33)30(19-7-8-19)23-9-2-16(13-25)14-27-23/h2-6,9-12,14-15,19H,7-8H2,1H3,(H,26,31). The molecule has 3 aromatic heterocycles. The molecule has 0 radical (unpaired) electrons. The first-order valence-corrected chi connectivity index (χ1v) is 12.1. The number of sulfonamides is 1. The van der Waals surface area contributed by atoms with Gasteiger partial charge in [-0.1, -0.05) is 12.1 Å². The molecule has 0 aliphatic heterocycles. The molecule has 0 unspecified atom stereocenters. The number of fused-ring (bicyclic) bond motifs is 1. The summed E-state index contributed by atoms with van der Waals surface area (Å²) in [6.45, 7) is 0. The summed E-state index contributed by atoms with van der Waals surface area (Å²) in [6, 6.07) is 15.1. The molecular formula is C24H20N6O3S. The Kier molecular flexibility index (Phi) is 5.26. The Morgan fingerprint density at radius 2 is 1.91 bits per heavy atom. The van der Waals surface area contributed by atoms with Gasteiger partial charge in [-0.2, -0.15) is 10.4 Å². The maximum Gasteiger partial charge on any atom is 0.265 e. The third kappa shape index (κ3) is 3.76. The second kappa shape index (κ2) is 8.28. The predicted molar refractivity (Wildman–Crippen MR) is 126 cm³/mol. The quantitative estimate of drug-likeness (QED) is 0.461. The van der Waals surface area contributed by atoms with Gasteiger partial charge in [0.2, 0.25) is 0 Å². The van der Waals surface area contributed by atoms with E-state index in [1.807, 2.05) is 6.07 Å². The van der Waals surface area contributed by atoms with E-state index >= 15 is 0 Å². The van der Waals surface area contributed by atoms with Crippen molar-refractivity contribution in [3.63, 3.8) is 0 Å². The topological polar surface area (TPSA) is 120 Å². The molecule has 0 atom stereocenters. The second-order valence-corrected chi connectivity index (χ2v) is 9.77. The Labute approximate surface area is 196 Å². The van der Waals surface area contributed by atoms with Crippen LogP contribution in [0.3, 0.4) is 0 Å². The van der Waals surface area contributed by atoms with Crippen LogP contribution in [0.1, 0.15) is 28.8 Å². The molecule has 1 aliphatic rings. The molecule has 10 heteroatoms. The lowest BCUT2D eigenvalue weighted by atomic mass is 10.1. The summed E-state index contributed by atoms with van der Waals surface area (Å²) in [4.78, 5) is 16.2. The van der Waals surface area contributed by atoms with Gasteiger partial charge in [0.15, 0.2) is 0 Å². The number of hydrogen-bond donors (Lipinski definition) is 1. The number of anilines is 1. The maximum atomic E-state index is 13.7. The number of hydrogen-bond acceptors (Lipinski definition) is 6. The van der Waals surface area contributed by atoms with Crippen LogP contribution in [0.25, 0.3) is 16.6 Å². The van der Waals surface area contributed by atoms with Crippen LogP contribution >= 0.6 is 0 Å². The minimum absolute atomic E-state index is 0.127. The van der Waals surface area contributed by atoms with E-state index in [-0.39, 0.29) is 16.8 Å². The molecule has 0 bridgehead atoms. The van der Waals surface area contributed by atoms with Crippen molar-refractivity contribution < 1.29 is 13.2 Å². The number of amides is 1. The monoisotopic (exact) mass is 472 g/mol. The number of carbonyl (C=O) groups excluding carboxylic acids is 1. The first kappa shape index (κ1) is 21.6. The molecule has 34 heavy (non-hydrogen) atoms. The summed E-state index contributed by atoms with van der Waals surface area (Å²) < 4.78 is 30.3. The summed E-state index contributed by atoms with van der Waals surface area (Å²) in [6.07, 6.45) is 6.15. The molecule has 9 nitrogen and oxygen atoms in total. The van der Waals surface area contributed by atoms with E-state index in [0.717, 1.165) is 24.0 Å². The van der Waals surface area contributed by atoms with Gasteiger partial charge in [-0.15, -0.1) is 0 Å². The zero-order valence-electron chi connectivity index (χ0n) is 18.2. The molecule has 0 saturated heterocycles. The molecule has 1 aromatic carbocycles. The largest absolute Gasteiger partial charge is 0.355 e. The van der Waals surface area contributed by atoms with E-state index in [4.69, 9.17) is 5.26 Å². The van der Waals surface area contributed by atoms with E-state index in [1.165, 1.54) is 16.6 Å². The highest BCUT2D eigenvalue weighted by Gasteiger charge is 2.39. The summed E-state index contributed by atoms with van der Waals surface area (Å²) in [7, 11) is -2.33. The average Bonchev–Trinajstić information content (AvgIpc) is 3.60. The SMILES string of the molecule is CNC(=O)c1ccc(-c2cnn3ccc(S(=O)(=O)N(c4ccc(C#N)cn4)C4CC4)cc23)cc1. The molecule has 3 heterocycles. The first-order chi connectivity index (χ1) is 16.4. The molecule has 1 N–H and O–H groups in total.